The van der Waals surface area contributed by atoms with E-state index in [-0.39, 0.29) is 5.56 Å². The minimum absolute atomic E-state index is 0.329. The number of nitrogens with two attached hydrogens (primary N) is 1. The van der Waals surface area contributed by atoms with Gasteiger partial charge >= 0.3 is 17.6 Å². The highest BCUT2D eigenvalue weighted by atomic mass is 16.4. The van der Waals surface area contributed by atoms with Crippen molar-refractivity contribution in [1.29, 1.82) is 0 Å². The monoisotopic (exact) mass is 274 g/mol. The van der Waals surface area contributed by atoms with Crippen molar-refractivity contribution in [2.24, 2.45) is 12.9 Å². The van der Waals surface area contributed by atoms with Crippen molar-refractivity contribution in [3.8, 4) is 0 Å². The molecule has 19 heavy (non-hydrogen) atoms. The van der Waals surface area contributed by atoms with Gasteiger partial charge in [-0.3, -0.25) is 19.4 Å². The lowest BCUT2D eigenvalue weighted by Crippen LogP contribution is -2.38. The zero-order valence-corrected chi connectivity index (χ0v) is 10.3. The molecule has 0 saturated heterocycles. The van der Waals surface area contributed by atoms with Gasteiger partial charge in [-0.25, -0.2) is 20.2 Å². The molecule has 1 rings (SSSR count). The van der Waals surface area contributed by atoms with Crippen molar-refractivity contribution in [3.63, 3.8) is 0 Å². The van der Waals surface area contributed by atoms with Gasteiger partial charge in [-0.1, -0.05) is 0 Å². The number of anilines is 1. The number of nitrogens with zero attached hydrogens (tertiary/aromatic N) is 2. The van der Waals surface area contributed by atoms with Gasteiger partial charge in [0.05, 0.1) is 0 Å². The van der Waals surface area contributed by atoms with E-state index in [0.717, 1.165) is 4.57 Å². The number of carboxylic acid groups (broad SMARTS) is 2. The lowest BCUT2D eigenvalue weighted by molar-refractivity contribution is -0.159. The number of hydrazine groups is 1. The predicted octanol–water partition coefficient (Wildman–Crippen LogP) is -2.07. The number of carbonyl (C=O) groups is 2. The number of H-pyrrole nitrogens is 1. The van der Waals surface area contributed by atoms with Gasteiger partial charge in [-0.2, -0.15) is 0 Å². The van der Waals surface area contributed by atoms with Crippen molar-refractivity contribution in [1.82, 2.24) is 9.55 Å². The molecule has 10 nitrogen and oxygen atoms in total. The molecule has 0 aliphatic carbocycles. The average molecular weight is 274 g/mol. The zero-order valence-electron chi connectivity index (χ0n) is 10.3. The SMILES string of the molecule is CCN(N)c1cc(=O)n(C)c(=O)[nH]1.O=C(O)C(=O)O. The molecule has 0 aromatic carbocycles. The van der Waals surface area contributed by atoms with E-state index in [1.165, 1.54) is 18.1 Å². The van der Waals surface area contributed by atoms with E-state index < -0.39 is 17.6 Å². The molecule has 0 fully saturated rings. The van der Waals surface area contributed by atoms with Crippen molar-refractivity contribution in [3.05, 3.63) is 26.9 Å². The first-order valence-electron chi connectivity index (χ1n) is 4.99. The topological polar surface area (TPSA) is 159 Å². The molecule has 1 aromatic rings. The summed E-state index contributed by atoms with van der Waals surface area (Å²) in [6.45, 7) is 2.33. The molecule has 1 heterocycles. The molecule has 0 spiro atoms. The summed E-state index contributed by atoms with van der Waals surface area (Å²) >= 11 is 0. The quantitative estimate of drug-likeness (QED) is 0.272. The van der Waals surface area contributed by atoms with Gasteiger partial charge in [-0.05, 0) is 6.92 Å². The number of hydrogen-bond donors (Lipinski definition) is 4. The Bertz CT molecular complexity index is 532. The average Bonchev–Trinajstić information content (AvgIpc) is 2.34. The summed E-state index contributed by atoms with van der Waals surface area (Å²) < 4.78 is 0.979. The van der Waals surface area contributed by atoms with Gasteiger partial charge in [0.2, 0.25) is 0 Å². The number of hydrogen-bond acceptors (Lipinski definition) is 6. The Morgan fingerprint density at radius 2 is 1.84 bits per heavy atom. The second-order valence-electron chi connectivity index (χ2n) is 3.25. The molecular formula is C9H14N4O6. The Labute approximate surface area is 106 Å². The molecule has 5 N–H and O–H groups in total. The molecule has 0 aliphatic rings. The predicted molar refractivity (Wildman–Crippen MR) is 64.8 cm³/mol. The molecule has 10 heteroatoms. The van der Waals surface area contributed by atoms with E-state index in [1.807, 2.05) is 6.92 Å². The van der Waals surface area contributed by atoms with Crippen LogP contribution in [0.1, 0.15) is 6.92 Å². The number of rotatable bonds is 2. The van der Waals surface area contributed by atoms with E-state index in [4.69, 9.17) is 25.6 Å². The van der Waals surface area contributed by atoms with Crippen LogP contribution in [0.25, 0.3) is 0 Å². The van der Waals surface area contributed by atoms with E-state index >= 15 is 0 Å². The van der Waals surface area contributed by atoms with E-state index in [9.17, 15) is 9.59 Å². The van der Waals surface area contributed by atoms with Gasteiger partial charge in [-0.15, -0.1) is 0 Å². The normalized spacial score (nSPS) is 9.21. The molecule has 0 saturated carbocycles. The molecule has 0 bridgehead atoms. The Morgan fingerprint density at radius 3 is 2.16 bits per heavy atom. The fraction of sp³-hybridized carbons (Fsp3) is 0.333. The second kappa shape index (κ2) is 6.96. The fourth-order valence-corrected chi connectivity index (χ4v) is 0.868. The van der Waals surface area contributed by atoms with Crippen LogP contribution in [0, 0.1) is 0 Å². The van der Waals surface area contributed by atoms with Crippen LogP contribution < -0.4 is 22.1 Å². The maximum Gasteiger partial charge on any atom is 0.414 e. The molecule has 0 unspecified atom stereocenters. The van der Waals surface area contributed by atoms with Crippen LogP contribution >= 0.6 is 0 Å². The zero-order chi connectivity index (χ0) is 15.2. The maximum absolute atomic E-state index is 11.1. The molecule has 0 atom stereocenters. The molecule has 0 radical (unpaired) electrons. The minimum Gasteiger partial charge on any atom is -0.473 e. The van der Waals surface area contributed by atoms with Crippen LogP contribution in [0.15, 0.2) is 15.7 Å². The molecule has 0 aliphatic heterocycles. The number of aromatic nitrogens is 2. The lowest BCUT2D eigenvalue weighted by atomic mass is 10.5. The highest BCUT2D eigenvalue weighted by molar-refractivity contribution is 6.27. The van der Waals surface area contributed by atoms with Crippen LogP contribution in [-0.2, 0) is 16.6 Å². The van der Waals surface area contributed by atoms with Crippen molar-refractivity contribution in [2.75, 3.05) is 11.6 Å². The third-order valence-electron chi connectivity index (χ3n) is 1.96. The van der Waals surface area contributed by atoms with Crippen LogP contribution in [0.3, 0.4) is 0 Å². The van der Waals surface area contributed by atoms with E-state index in [1.54, 1.807) is 0 Å². The summed E-state index contributed by atoms with van der Waals surface area (Å²) in [4.78, 5) is 42.9. The van der Waals surface area contributed by atoms with Crippen LogP contribution in [0.4, 0.5) is 5.82 Å². The summed E-state index contributed by atoms with van der Waals surface area (Å²) in [7, 11) is 1.40. The van der Waals surface area contributed by atoms with Gasteiger partial charge in [0.15, 0.2) is 0 Å². The van der Waals surface area contributed by atoms with Gasteiger partial charge in [0.25, 0.3) is 5.56 Å². The molecule has 1 aromatic heterocycles. The fourth-order valence-electron chi connectivity index (χ4n) is 0.868. The molecular weight excluding hydrogens is 260 g/mol. The van der Waals surface area contributed by atoms with Crippen LogP contribution in [0.5, 0.6) is 0 Å². The number of aromatic amines is 1. The standard InChI is InChI=1S/C7H12N4O2.C2H2O4/c1-3-11(8)5-4-6(12)10(2)7(13)9-5;3-1(4)2(5)6/h4H,3,8H2,1-2H3,(H,9,13);(H,3,4)(H,5,6). The largest absolute Gasteiger partial charge is 0.473 e. The maximum atomic E-state index is 11.1. The second-order valence-corrected chi connectivity index (χ2v) is 3.25. The number of nitrogens with one attached hydrogen (secondary N) is 1. The summed E-state index contributed by atoms with van der Waals surface area (Å²) in [5.41, 5.74) is -0.839. The van der Waals surface area contributed by atoms with Gasteiger partial charge in [0.1, 0.15) is 5.82 Å². The third kappa shape index (κ3) is 5.04. The Kier molecular flexibility index (Phi) is 6.00. The highest BCUT2D eigenvalue weighted by Gasteiger charge is 2.04. The molecule has 0 amide bonds. The first-order valence-corrected chi connectivity index (χ1v) is 4.99. The highest BCUT2D eigenvalue weighted by Crippen LogP contribution is 1.97. The summed E-state index contributed by atoms with van der Waals surface area (Å²) in [6, 6.07) is 1.28. The smallest absolute Gasteiger partial charge is 0.414 e. The summed E-state index contributed by atoms with van der Waals surface area (Å²) in [5.74, 6) is 2.18. The van der Waals surface area contributed by atoms with Crippen LogP contribution in [0.2, 0.25) is 0 Å². The minimum atomic E-state index is -1.82. The van der Waals surface area contributed by atoms with Gasteiger partial charge in [0, 0.05) is 19.7 Å². The first-order chi connectivity index (χ1) is 8.70. The Balaban J connectivity index is 0.000000459. The third-order valence-corrected chi connectivity index (χ3v) is 1.96. The first kappa shape index (κ1) is 16.4. The Morgan fingerprint density at radius 1 is 1.37 bits per heavy atom. The van der Waals surface area contributed by atoms with Crippen molar-refractivity contribution >= 4 is 17.8 Å². The van der Waals surface area contributed by atoms with Gasteiger partial charge < -0.3 is 10.2 Å². The van der Waals surface area contributed by atoms with Crippen molar-refractivity contribution < 1.29 is 19.8 Å². The number of carboxylic acids is 2. The van der Waals surface area contributed by atoms with E-state index in [2.05, 4.69) is 4.98 Å². The van der Waals surface area contributed by atoms with E-state index in [0.29, 0.717) is 12.4 Å². The van der Waals surface area contributed by atoms with Crippen LogP contribution in [-0.4, -0.2) is 38.2 Å². The summed E-state index contributed by atoms with van der Waals surface area (Å²) in [5, 5.41) is 16.1. The Hall–Kier alpha value is -2.62. The number of aliphatic carboxylic acids is 2. The molecule has 106 valence electrons. The summed E-state index contributed by atoms with van der Waals surface area (Å²) in [6.07, 6.45) is 0. The van der Waals surface area contributed by atoms with Crippen molar-refractivity contribution in [2.45, 2.75) is 6.92 Å². The lowest BCUT2D eigenvalue weighted by Gasteiger charge is -2.14.